The summed E-state index contributed by atoms with van der Waals surface area (Å²) in [6.45, 7) is -1.62. The van der Waals surface area contributed by atoms with Gasteiger partial charge >= 0.3 is 18.4 Å². The smallest absolute Gasteiger partial charge is 0.422 e. The molecule has 14 heteroatoms. The van der Waals surface area contributed by atoms with E-state index >= 15 is 0 Å². The van der Waals surface area contributed by atoms with Crippen molar-refractivity contribution >= 4 is 28.5 Å². The van der Waals surface area contributed by atoms with Crippen molar-refractivity contribution in [3.63, 3.8) is 0 Å². The third-order valence-corrected chi connectivity index (χ3v) is 4.41. The number of ether oxygens (including phenoxy) is 1. The van der Waals surface area contributed by atoms with Crippen molar-refractivity contribution in [2.24, 2.45) is 0 Å². The van der Waals surface area contributed by atoms with Crippen molar-refractivity contribution in [1.29, 1.82) is 0 Å². The first kappa shape index (κ1) is 23.1. The van der Waals surface area contributed by atoms with Crippen LogP contribution in [0.2, 0.25) is 0 Å². The predicted octanol–water partition coefficient (Wildman–Crippen LogP) is 5.06. The summed E-state index contributed by atoms with van der Waals surface area (Å²) >= 11 is 0. The summed E-state index contributed by atoms with van der Waals surface area (Å²) in [5, 5.41) is 13.1. The highest BCUT2D eigenvalue weighted by molar-refractivity contribution is 5.82. The zero-order chi connectivity index (χ0) is 24.3. The molecule has 0 bridgehead atoms. The third-order valence-electron chi connectivity index (χ3n) is 4.41. The second-order valence-corrected chi connectivity index (χ2v) is 7.01. The van der Waals surface area contributed by atoms with Crippen molar-refractivity contribution in [1.82, 2.24) is 25.1 Å². The first-order valence-corrected chi connectivity index (χ1v) is 9.61. The van der Waals surface area contributed by atoms with E-state index in [4.69, 9.17) is 0 Å². The molecule has 2 aromatic heterocycles. The van der Waals surface area contributed by atoms with Crippen molar-refractivity contribution in [3.8, 4) is 6.01 Å². The molecule has 34 heavy (non-hydrogen) atoms. The Morgan fingerprint density at radius 2 is 1.62 bits per heavy atom. The van der Waals surface area contributed by atoms with Gasteiger partial charge in [-0.1, -0.05) is 12.1 Å². The number of hydrogen-bond acceptors (Lipinski definition) is 7. The van der Waals surface area contributed by atoms with E-state index in [0.717, 1.165) is 17.5 Å². The van der Waals surface area contributed by atoms with Crippen LogP contribution < -0.4 is 15.4 Å². The molecule has 0 saturated carbocycles. The van der Waals surface area contributed by atoms with Gasteiger partial charge in [0.2, 0.25) is 11.9 Å². The Labute approximate surface area is 187 Å². The molecule has 0 unspecified atom stereocenters. The molecule has 0 fully saturated rings. The molecule has 0 aliphatic carbocycles. The Kier molecular flexibility index (Phi) is 6.13. The third kappa shape index (κ3) is 6.02. The quantitative estimate of drug-likeness (QED) is 0.316. The summed E-state index contributed by atoms with van der Waals surface area (Å²) in [6.07, 6.45) is -7.46. The molecule has 0 amide bonds. The molecule has 4 rings (SSSR count). The zero-order valence-corrected chi connectivity index (χ0v) is 17.0. The second kappa shape index (κ2) is 9.03. The summed E-state index contributed by atoms with van der Waals surface area (Å²) in [5.41, 5.74) is 0.872. The Morgan fingerprint density at radius 1 is 0.882 bits per heavy atom. The zero-order valence-electron chi connectivity index (χ0n) is 17.0. The molecular weight excluding hydrogens is 468 g/mol. The Bertz CT molecular complexity index is 1270. The van der Waals surface area contributed by atoms with Gasteiger partial charge in [0.15, 0.2) is 6.61 Å². The lowest BCUT2D eigenvalue weighted by molar-refractivity contribution is -0.154. The average molecular weight is 483 g/mol. The van der Waals surface area contributed by atoms with Gasteiger partial charge in [-0.15, -0.1) is 0 Å². The number of hydrogen-bond donors (Lipinski definition) is 3. The van der Waals surface area contributed by atoms with Gasteiger partial charge in [0, 0.05) is 17.6 Å². The number of benzene rings is 2. The van der Waals surface area contributed by atoms with Gasteiger partial charge in [0.25, 0.3) is 0 Å². The monoisotopic (exact) mass is 483 g/mol. The van der Waals surface area contributed by atoms with Gasteiger partial charge in [-0.2, -0.15) is 46.4 Å². The second-order valence-electron chi connectivity index (χ2n) is 7.01. The molecular formula is C20H15F6N7O. The van der Waals surface area contributed by atoms with Crippen LogP contribution >= 0.6 is 0 Å². The van der Waals surface area contributed by atoms with Gasteiger partial charge in [-0.3, -0.25) is 5.10 Å². The van der Waals surface area contributed by atoms with Gasteiger partial charge in [0.05, 0.1) is 17.3 Å². The number of nitrogens with zero attached hydrogens (tertiary/aromatic N) is 4. The van der Waals surface area contributed by atoms with Gasteiger partial charge in [0.1, 0.15) is 0 Å². The lowest BCUT2D eigenvalue weighted by Crippen LogP contribution is -2.21. The van der Waals surface area contributed by atoms with Crippen LogP contribution in [0.5, 0.6) is 6.01 Å². The summed E-state index contributed by atoms with van der Waals surface area (Å²) in [4.78, 5) is 11.7. The number of halogens is 6. The van der Waals surface area contributed by atoms with E-state index in [0.29, 0.717) is 16.8 Å². The number of anilines is 3. The van der Waals surface area contributed by atoms with Crippen LogP contribution in [0.1, 0.15) is 11.1 Å². The summed E-state index contributed by atoms with van der Waals surface area (Å²) in [7, 11) is 0. The number of alkyl halides is 6. The molecule has 0 saturated heterocycles. The average Bonchev–Trinajstić information content (AvgIpc) is 3.23. The standard InChI is InChI=1S/C20H15F6N7O/c21-19(22,23)10-34-18-31-16(27-8-11-1-4-13(5-2-11)20(24,25)26)30-17(32-18)29-14-6-3-12-9-28-33-15(12)7-14/h1-7,9H,8,10H2,(H,28,33)(H2,27,29,30,31,32). The fourth-order valence-electron chi connectivity index (χ4n) is 2.84. The van der Waals surface area contributed by atoms with Crippen molar-refractivity contribution < 1.29 is 31.1 Å². The van der Waals surface area contributed by atoms with E-state index in [9.17, 15) is 26.3 Å². The molecule has 0 aliphatic heterocycles. The fraction of sp³-hybridized carbons (Fsp3) is 0.200. The van der Waals surface area contributed by atoms with Crippen molar-refractivity contribution in [2.75, 3.05) is 17.2 Å². The van der Waals surface area contributed by atoms with E-state index in [1.165, 1.54) is 12.1 Å². The SMILES string of the molecule is FC(F)(F)COc1nc(NCc2ccc(C(F)(F)F)cc2)nc(Nc2ccc3cn[nH]c3c2)n1. The number of H-pyrrole nitrogens is 1. The molecule has 4 aromatic rings. The Hall–Kier alpha value is -4.10. The van der Waals surface area contributed by atoms with E-state index < -0.39 is 30.5 Å². The molecule has 0 atom stereocenters. The van der Waals surface area contributed by atoms with Gasteiger partial charge < -0.3 is 15.4 Å². The van der Waals surface area contributed by atoms with Crippen molar-refractivity contribution in [3.05, 3.63) is 59.8 Å². The number of aromatic amines is 1. The predicted molar refractivity (Wildman–Crippen MR) is 110 cm³/mol. The molecule has 0 radical (unpaired) electrons. The van der Waals surface area contributed by atoms with Gasteiger partial charge in [-0.05, 0) is 35.9 Å². The minimum Gasteiger partial charge on any atom is -0.454 e. The highest BCUT2D eigenvalue weighted by Gasteiger charge is 2.30. The minimum absolute atomic E-state index is 0.000402. The molecule has 2 heterocycles. The van der Waals surface area contributed by atoms with E-state index in [2.05, 4.69) is 40.5 Å². The molecule has 0 aliphatic rings. The number of aromatic nitrogens is 5. The Balaban J connectivity index is 1.53. The highest BCUT2D eigenvalue weighted by Crippen LogP contribution is 2.29. The largest absolute Gasteiger partial charge is 0.454 e. The maximum Gasteiger partial charge on any atom is 0.422 e. The van der Waals surface area contributed by atoms with Crippen LogP contribution in [-0.4, -0.2) is 37.9 Å². The van der Waals surface area contributed by atoms with Crippen LogP contribution in [-0.2, 0) is 12.7 Å². The van der Waals surface area contributed by atoms with Gasteiger partial charge in [-0.25, -0.2) is 0 Å². The van der Waals surface area contributed by atoms with Crippen LogP contribution in [0.3, 0.4) is 0 Å². The number of nitrogens with one attached hydrogen (secondary N) is 3. The number of rotatable bonds is 7. The van der Waals surface area contributed by atoms with Crippen LogP contribution in [0, 0.1) is 0 Å². The normalized spacial score (nSPS) is 12.1. The molecule has 0 spiro atoms. The molecule has 2 aromatic carbocycles. The molecule has 3 N–H and O–H groups in total. The maximum atomic E-state index is 12.7. The summed E-state index contributed by atoms with van der Waals surface area (Å²) < 4.78 is 80.5. The maximum absolute atomic E-state index is 12.7. The summed E-state index contributed by atoms with van der Waals surface area (Å²) in [5.74, 6) is -0.252. The first-order valence-electron chi connectivity index (χ1n) is 9.61. The summed E-state index contributed by atoms with van der Waals surface area (Å²) in [6, 6.07) is 8.90. The molecule has 178 valence electrons. The lowest BCUT2D eigenvalue weighted by atomic mass is 10.1. The molecule has 8 nitrogen and oxygen atoms in total. The van der Waals surface area contributed by atoms with Crippen LogP contribution in [0.25, 0.3) is 10.9 Å². The van der Waals surface area contributed by atoms with E-state index in [1.54, 1.807) is 24.4 Å². The first-order chi connectivity index (χ1) is 16.0. The fourth-order valence-corrected chi connectivity index (χ4v) is 2.84. The van der Waals surface area contributed by atoms with E-state index in [1.807, 2.05) is 0 Å². The minimum atomic E-state index is -4.61. The topological polar surface area (TPSA) is 101 Å². The lowest BCUT2D eigenvalue weighted by Gasteiger charge is -2.12. The van der Waals surface area contributed by atoms with Crippen LogP contribution in [0.4, 0.5) is 43.9 Å². The Morgan fingerprint density at radius 3 is 2.32 bits per heavy atom. The van der Waals surface area contributed by atoms with Crippen LogP contribution in [0.15, 0.2) is 48.7 Å². The number of fused-ring (bicyclic) bond motifs is 1. The van der Waals surface area contributed by atoms with E-state index in [-0.39, 0.29) is 18.4 Å². The highest BCUT2D eigenvalue weighted by atomic mass is 19.4. The van der Waals surface area contributed by atoms with Crippen molar-refractivity contribution in [2.45, 2.75) is 18.9 Å².